The third kappa shape index (κ3) is 4.89. The predicted molar refractivity (Wildman–Crippen MR) is 79.5 cm³/mol. The maximum absolute atomic E-state index is 11.7. The summed E-state index contributed by atoms with van der Waals surface area (Å²) >= 11 is 1.37. The van der Waals surface area contributed by atoms with Gasteiger partial charge in [0.05, 0.1) is 0 Å². The lowest BCUT2D eigenvalue weighted by Crippen LogP contribution is -2.33. The second kappa shape index (κ2) is 7.33. The molecule has 0 aromatic heterocycles. The highest BCUT2D eigenvalue weighted by molar-refractivity contribution is 8.14. The van der Waals surface area contributed by atoms with E-state index in [1.54, 1.807) is 6.92 Å². The minimum Gasteiger partial charge on any atom is -0.445 e. The summed E-state index contributed by atoms with van der Waals surface area (Å²) in [6.07, 6.45) is 2.33. The Morgan fingerprint density at radius 3 is 2.75 bits per heavy atom. The third-order valence-corrected chi connectivity index (χ3v) is 4.35. The van der Waals surface area contributed by atoms with E-state index in [4.69, 9.17) is 4.74 Å². The molecule has 1 aliphatic rings. The zero-order chi connectivity index (χ0) is 14.4. The molecule has 1 amide bonds. The Hall–Kier alpha value is -1.49. The van der Waals surface area contributed by atoms with Crippen LogP contribution in [0.2, 0.25) is 0 Å². The van der Waals surface area contributed by atoms with Crippen LogP contribution in [0.5, 0.6) is 0 Å². The van der Waals surface area contributed by atoms with Crippen LogP contribution in [0.4, 0.5) is 4.79 Å². The van der Waals surface area contributed by atoms with Crippen molar-refractivity contribution in [2.24, 2.45) is 0 Å². The molecule has 0 aliphatic heterocycles. The molecule has 1 fully saturated rings. The smallest absolute Gasteiger partial charge is 0.407 e. The van der Waals surface area contributed by atoms with Gasteiger partial charge in [-0.25, -0.2) is 4.79 Å². The molecule has 1 N–H and O–H groups in total. The first kappa shape index (κ1) is 14.9. The molecule has 20 heavy (non-hydrogen) atoms. The molecule has 2 atom stereocenters. The summed E-state index contributed by atoms with van der Waals surface area (Å²) in [4.78, 5) is 22.7. The Morgan fingerprint density at radius 1 is 1.30 bits per heavy atom. The van der Waals surface area contributed by atoms with E-state index in [2.05, 4.69) is 5.32 Å². The zero-order valence-electron chi connectivity index (χ0n) is 11.5. The largest absolute Gasteiger partial charge is 0.445 e. The summed E-state index contributed by atoms with van der Waals surface area (Å²) in [5, 5.41) is 3.33. The molecule has 0 spiro atoms. The standard InChI is InChI=1S/C15H19NO3S/c1-11(17)20-14-8-7-13(9-14)16-15(18)19-10-12-5-3-2-4-6-12/h2-6,13-14H,7-10H2,1H3,(H,16,18). The first-order valence-electron chi connectivity index (χ1n) is 6.78. The monoisotopic (exact) mass is 293 g/mol. The molecular weight excluding hydrogens is 274 g/mol. The van der Waals surface area contributed by atoms with Crippen LogP contribution in [0.15, 0.2) is 30.3 Å². The Labute approximate surface area is 123 Å². The molecular formula is C15H19NO3S. The molecule has 1 aromatic rings. The van der Waals surface area contributed by atoms with Gasteiger partial charge in [-0.2, -0.15) is 0 Å². The Balaban J connectivity index is 1.69. The molecule has 4 nitrogen and oxygen atoms in total. The first-order valence-corrected chi connectivity index (χ1v) is 7.66. The van der Waals surface area contributed by atoms with Crippen molar-refractivity contribution in [3.05, 3.63) is 35.9 Å². The fraction of sp³-hybridized carbons (Fsp3) is 0.467. The Bertz CT molecular complexity index is 463. The molecule has 0 saturated heterocycles. The van der Waals surface area contributed by atoms with Gasteiger partial charge in [-0.1, -0.05) is 42.1 Å². The van der Waals surface area contributed by atoms with Crippen molar-refractivity contribution in [3.63, 3.8) is 0 Å². The quantitative estimate of drug-likeness (QED) is 0.926. The van der Waals surface area contributed by atoms with Crippen LogP contribution in [0.1, 0.15) is 31.7 Å². The summed E-state index contributed by atoms with van der Waals surface area (Å²) < 4.78 is 5.18. The van der Waals surface area contributed by atoms with Gasteiger partial charge in [0.2, 0.25) is 0 Å². The summed E-state index contributed by atoms with van der Waals surface area (Å²) in [5.74, 6) is 0. The predicted octanol–water partition coefficient (Wildman–Crippen LogP) is 3.11. The van der Waals surface area contributed by atoms with Gasteiger partial charge in [0, 0.05) is 18.2 Å². The lowest BCUT2D eigenvalue weighted by atomic mass is 10.2. The van der Waals surface area contributed by atoms with Crippen LogP contribution >= 0.6 is 11.8 Å². The number of rotatable bonds is 4. The first-order chi connectivity index (χ1) is 9.63. The topological polar surface area (TPSA) is 55.4 Å². The van der Waals surface area contributed by atoms with Gasteiger partial charge in [0.25, 0.3) is 0 Å². The normalized spacial score (nSPS) is 21.4. The van der Waals surface area contributed by atoms with Crippen LogP contribution in [0.3, 0.4) is 0 Å². The lowest BCUT2D eigenvalue weighted by molar-refractivity contribution is -0.109. The van der Waals surface area contributed by atoms with E-state index in [9.17, 15) is 9.59 Å². The fourth-order valence-corrected chi connectivity index (χ4v) is 3.40. The number of carbonyl (C=O) groups excluding carboxylic acids is 2. The average Bonchev–Trinajstić information content (AvgIpc) is 2.84. The molecule has 1 saturated carbocycles. The molecule has 0 bridgehead atoms. The summed E-state index contributed by atoms with van der Waals surface area (Å²) in [5.41, 5.74) is 0.971. The van der Waals surface area contributed by atoms with Crippen molar-refractivity contribution in [1.82, 2.24) is 5.32 Å². The number of benzene rings is 1. The number of hydrogen-bond acceptors (Lipinski definition) is 4. The number of alkyl carbamates (subject to hydrolysis) is 1. The van der Waals surface area contributed by atoms with Crippen molar-refractivity contribution >= 4 is 23.0 Å². The Morgan fingerprint density at radius 2 is 2.05 bits per heavy atom. The van der Waals surface area contributed by atoms with Crippen molar-refractivity contribution < 1.29 is 14.3 Å². The highest BCUT2D eigenvalue weighted by atomic mass is 32.2. The molecule has 2 rings (SSSR count). The molecule has 2 unspecified atom stereocenters. The van der Waals surface area contributed by atoms with E-state index in [1.807, 2.05) is 30.3 Å². The summed E-state index contributed by atoms with van der Waals surface area (Å²) in [7, 11) is 0. The number of carbonyl (C=O) groups is 2. The highest BCUT2D eigenvalue weighted by Crippen LogP contribution is 2.30. The minimum absolute atomic E-state index is 0.120. The van der Waals surface area contributed by atoms with Crippen LogP contribution in [-0.4, -0.2) is 22.5 Å². The van der Waals surface area contributed by atoms with E-state index >= 15 is 0 Å². The van der Waals surface area contributed by atoms with Gasteiger partial charge >= 0.3 is 6.09 Å². The van der Waals surface area contributed by atoms with Gasteiger partial charge < -0.3 is 10.1 Å². The van der Waals surface area contributed by atoms with Crippen molar-refractivity contribution in [2.75, 3.05) is 0 Å². The minimum atomic E-state index is -0.382. The van der Waals surface area contributed by atoms with E-state index in [-0.39, 0.29) is 23.9 Å². The van der Waals surface area contributed by atoms with Crippen molar-refractivity contribution in [1.29, 1.82) is 0 Å². The van der Waals surface area contributed by atoms with Gasteiger partial charge in [-0.15, -0.1) is 0 Å². The number of ether oxygens (including phenoxy) is 1. The van der Waals surface area contributed by atoms with Gasteiger partial charge in [0.15, 0.2) is 5.12 Å². The Kier molecular flexibility index (Phi) is 5.47. The zero-order valence-corrected chi connectivity index (χ0v) is 12.3. The van der Waals surface area contributed by atoms with Crippen molar-refractivity contribution in [3.8, 4) is 0 Å². The maximum Gasteiger partial charge on any atom is 0.407 e. The molecule has 0 radical (unpaired) electrons. The van der Waals surface area contributed by atoms with Crippen LogP contribution in [0, 0.1) is 0 Å². The fourth-order valence-electron chi connectivity index (χ4n) is 2.34. The van der Waals surface area contributed by atoms with E-state index in [0.29, 0.717) is 5.25 Å². The van der Waals surface area contributed by atoms with Gasteiger partial charge in [0.1, 0.15) is 6.61 Å². The number of nitrogens with one attached hydrogen (secondary N) is 1. The second-order valence-corrected chi connectivity index (χ2v) is 6.42. The van der Waals surface area contributed by atoms with E-state index < -0.39 is 0 Å². The number of thioether (sulfide) groups is 1. The van der Waals surface area contributed by atoms with E-state index in [0.717, 1.165) is 24.8 Å². The highest BCUT2D eigenvalue weighted by Gasteiger charge is 2.27. The molecule has 1 aliphatic carbocycles. The lowest BCUT2D eigenvalue weighted by Gasteiger charge is -2.13. The molecule has 0 heterocycles. The molecule has 1 aromatic carbocycles. The van der Waals surface area contributed by atoms with Gasteiger partial charge in [-0.3, -0.25) is 4.79 Å². The SMILES string of the molecule is CC(=O)SC1CCC(NC(=O)OCc2ccccc2)C1. The second-order valence-electron chi connectivity index (χ2n) is 4.95. The van der Waals surface area contributed by atoms with E-state index in [1.165, 1.54) is 11.8 Å². The van der Waals surface area contributed by atoms with Crippen molar-refractivity contribution in [2.45, 2.75) is 44.1 Å². The average molecular weight is 293 g/mol. The summed E-state index contributed by atoms with van der Waals surface area (Å²) in [6, 6.07) is 9.71. The van der Waals surface area contributed by atoms with Crippen LogP contribution < -0.4 is 5.32 Å². The van der Waals surface area contributed by atoms with Crippen LogP contribution in [0.25, 0.3) is 0 Å². The number of amides is 1. The van der Waals surface area contributed by atoms with Crippen LogP contribution in [-0.2, 0) is 16.1 Å². The molecule has 5 heteroatoms. The third-order valence-electron chi connectivity index (χ3n) is 3.25. The number of hydrogen-bond donors (Lipinski definition) is 1. The maximum atomic E-state index is 11.7. The molecule has 108 valence electrons. The summed E-state index contributed by atoms with van der Waals surface area (Å²) in [6.45, 7) is 1.87. The van der Waals surface area contributed by atoms with Gasteiger partial charge in [-0.05, 0) is 24.8 Å².